The molecule has 1 fully saturated rings. The highest BCUT2D eigenvalue weighted by Crippen LogP contribution is 2.15. The average Bonchev–Trinajstić information content (AvgIpc) is 3.25. The molecule has 1 aliphatic rings. The van der Waals surface area contributed by atoms with Crippen molar-refractivity contribution in [1.82, 2.24) is 20.4 Å². The van der Waals surface area contributed by atoms with Crippen molar-refractivity contribution >= 4 is 5.96 Å². The van der Waals surface area contributed by atoms with Gasteiger partial charge < -0.3 is 20.0 Å². The van der Waals surface area contributed by atoms with Gasteiger partial charge >= 0.3 is 0 Å². The first-order valence-corrected chi connectivity index (χ1v) is 11.0. The normalized spacial score (nSPS) is 16.4. The predicted octanol–water partition coefficient (Wildman–Crippen LogP) is 3.45. The van der Waals surface area contributed by atoms with Crippen molar-refractivity contribution < 1.29 is 4.42 Å². The van der Waals surface area contributed by atoms with Gasteiger partial charge in [0.1, 0.15) is 5.76 Å². The maximum atomic E-state index is 5.48. The largest absolute Gasteiger partial charge is 0.468 e. The van der Waals surface area contributed by atoms with Crippen LogP contribution in [0.3, 0.4) is 0 Å². The Bertz CT molecular complexity index is 779. The summed E-state index contributed by atoms with van der Waals surface area (Å²) in [4.78, 5) is 9.27. The van der Waals surface area contributed by atoms with Crippen LogP contribution >= 0.6 is 0 Å². The summed E-state index contributed by atoms with van der Waals surface area (Å²) < 4.78 is 5.48. The molecule has 0 amide bonds. The van der Waals surface area contributed by atoms with E-state index in [-0.39, 0.29) is 0 Å². The Labute approximate surface area is 181 Å². The number of aliphatic imine (C=N–C) groups is 1. The maximum absolute atomic E-state index is 5.48. The molecule has 0 spiro atoms. The number of likely N-dealkylation sites (tertiary alicyclic amines) is 1. The molecule has 2 heterocycles. The third-order valence-corrected chi connectivity index (χ3v) is 5.84. The first-order chi connectivity index (χ1) is 14.5. The van der Waals surface area contributed by atoms with Crippen LogP contribution in [-0.2, 0) is 19.6 Å². The molecule has 0 radical (unpaired) electrons. The van der Waals surface area contributed by atoms with Crippen LogP contribution in [0, 0.1) is 0 Å². The Morgan fingerprint density at radius 1 is 1.13 bits per heavy atom. The minimum absolute atomic E-state index is 0.487. The summed E-state index contributed by atoms with van der Waals surface area (Å²) >= 11 is 0. The third-order valence-electron chi connectivity index (χ3n) is 5.84. The van der Waals surface area contributed by atoms with Gasteiger partial charge in [0.15, 0.2) is 5.96 Å². The van der Waals surface area contributed by atoms with Crippen molar-refractivity contribution in [3.8, 4) is 0 Å². The fourth-order valence-electron chi connectivity index (χ4n) is 4.03. The minimum atomic E-state index is 0.487. The van der Waals surface area contributed by atoms with E-state index in [0.717, 1.165) is 57.3 Å². The lowest BCUT2D eigenvalue weighted by molar-refractivity contribution is 0.167. The van der Waals surface area contributed by atoms with Crippen molar-refractivity contribution in [2.45, 2.75) is 58.4 Å². The average molecular weight is 412 g/mol. The quantitative estimate of drug-likeness (QED) is 0.515. The summed E-state index contributed by atoms with van der Waals surface area (Å²) in [6.45, 7) is 9.28. The number of benzene rings is 1. The molecule has 0 aliphatic carbocycles. The molecule has 164 valence electrons. The number of nitrogens with one attached hydrogen (secondary N) is 2. The van der Waals surface area contributed by atoms with E-state index in [9.17, 15) is 0 Å². The molecule has 3 rings (SSSR count). The highest BCUT2D eigenvalue weighted by atomic mass is 16.3. The second-order valence-electron chi connectivity index (χ2n) is 8.49. The topological polar surface area (TPSA) is 56.0 Å². The zero-order valence-electron chi connectivity index (χ0n) is 18.9. The number of nitrogens with zero attached hydrogens (tertiary/aromatic N) is 3. The van der Waals surface area contributed by atoms with Crippen LogP contribution < -0.4 is 10.6 Å². The van der Waals surface area contributed by atoms with Gasteiger partial charge in [-0.3, -0.25) is 9.89 Å². The van der Waals surface area contributed by atoms with E-state index in [1.54, 1.807) is 6.26 Å². The van der Waals surface area contributed by atoms with Gasteiger partial charge in [-0.2, -0.15) is 0 Å². The Morgan fingerprint density at radius 2 is 1.87 bits per heavy atom. The summed E-state index contributed by atoms with van der Waals surface area (Å²) in [5.41, 5.74) is 2.61. The maximum Gasteiger partial charge on any atom is 0.191 e. The second kappa shape index (κ2) is 11.2. The zero-order valence-corrected chi connectivity index (χ0v) is 18.9. The Balaban J connectivity index is 1.51. The number of hydrogen-bond acceptors (Lipinski definition) is 4. The van der Waals surface area contributed by atoms with Gasteiger partial charge in [-0.25, -0.2) is 0 Å². The lowest BCUT2D eigenvalue weighted by Crippen LogP contribution is -2.49. The second-order valence-corrected chi connectivity index (χ2v) is 8.49. The molecular weight excluding hydrogens is 374 g/mol. The van der Waals surface area contributed by atoms with Gasteiger partial charge in [0, 0.05) is 45.3 Å². The monoisotopic (exact) mass is 411 g/mol. The van der Waals surface area contributed by atoms with E-state index >= 15 is 0 Å². The van der Waals surface area contributed by atoms with E-state index in [1.165, 1.54) is 11.1 Å². The summed E-state index contributed by atoms with van der Waals surface area (Å²) in [6.07, 6.45) is 4.05. The lowest BCUT2D eigenvalue weighted by atomic mass is 10.0. The van der Waals surface area contributed by atoms with Crippen molar-refractivity contribution in [2.24, 2.45) is 4.99 Å². The summed E-state index contributed by atoms with van der Waals surface area (Å²) in [5.74, 6) is 1.87. The molecule has 0 unspecified atom stereocenters. The van der Waals surface area contributed by atoms with Crippen LogP contribution in [-0.4, -0.2) is 55.0 Å². The summed E-state index contributed by atoms with van der Waals surface area (Å²) in [5, 5.41) is 7.13. The highest BCUT2D eigenvalue weighted by Gasteiger charge is 2.21. The number of guanidine groups is 1. The number of piperidine rings is 1. The smallest absolute Gasteiger partial charge is 0.191 e. The fourth-order valence-corrected chi connectivity index (χ4v) is 4.03. The van der Waals surface area contributed by atoms with Crippen LogP contribution in [0.5, 0.6) is 0 Å². The van der Waals surface area contributed by atoms with Gasteiger partial charge in [-0.05, 0) is 57.0 Å². The summed E-state index contributed by atoms with van der Waals surface area (Å²) in [6, 6.07) is 13.7. The summed E-state index contributed by atoms with van der Waals surface area (Å²) in [7, 11) is 3.97. The molecular formula is C24H37N5O. The number of rotatable bonds is 8. The molecule has 1 aromatic heterocycles. The van der Waals surface area contributed by atoms with Crippen LogP contribution in [0.4, 0.5) is 0 Å². The number of hydrogen-bond donors (Lipinski definition) is 2. The van der Waals surface area contributed by atoms with Crippen LogP contribution in [0.15, 0.2) is 52.1 Å². The molecule has 1 saturated heterocycles. The van der Waals surface area contributed by atoms with Crippen molar-refractivity contribution in [1.29, 1.82) is 0 Å². The molecule has 0 bridgehead atoms. The first-order valence-electron chi connectivity index (χ1n) is 11.0. The first kappa shape index (κ1) is 22.4. The van der Waals surface area contributed by atoms with Gasteiger partial charge in [0.05, 0.1) is 12.8 Å². The molecule has 30 heavy (non-hydrogen) atoms. The molecule has 2 aromatic rings. The molecule has 0 saturated carbocycles. The Morgan fingerprint density at radius 3 is 2.50 bits per heavy atom. The standard InChI is InChI=1S/C24H37N5O/c1-19(2)29-13-11-22(12-14-29)27-24(25-3)26-16-20-8-5-6-9-21(20)17-28(4)18-23-10-7-15-30-23/h5-10,15,19,22H,11-14,16-18H2,1-4H3,(H2,25,26,27). The van der Waals surface area contributed by atoms with Crippen molar-refractivity contribution in [2.75, 3.05) is 27.2 Å². The predicted molar refractivity (Wildman–Crippen MR) is 123 cm³/mol. The number of furan rings is 1. The molecule has 1 aromatic carbocycles. The Hall–Kier alpha value is -2.31. The molecule has 2 N–H and O–H groups in total. The van der Waals surface area contributed by atoms with Gasteiger partial charge in [-0.15, -0.1) is 0 Å². The van der Waals surface area contributed by atoms with E-state index in [0.29, 0.717) is 12.1 Å². The zero-order chi connectivity index (χ0) is 21.3. The van der Waals surface area contributed by atoms with E-state index in [2.05, 4.69) is 70.6 Å². The fraction of sp³-hybridized carbons (Fsp3) is 0.542. The van der Waals surface area contributed by atoms with Gasteiger partial charge in [0.25, 0.3) is 0 Å². The molecule has 6 heteroatoms. The van der Waals surface area contributed by atoms with E-state index in [1.807, 2.05) is 19.2 Å². The Kier molecular flexibility index (Phi) is 8.34. The van der Waals surface area contributed by atoms with E-state index in [4.69, 9.17) is 4.42 Å². The lowest BCUT2D eigenvalue weighted by Gasteiger charge is -2.35. The van der Waals surface area contributed by atoms with Gasteiger partial charge in [0.2, 0.25) is 0 Å². The van der Waals surface area contributed by atoms with Crippen molar-refractivity contribution in [3.05, 3.63) is 59.5 Å². The van der Waals surface area contributed by atoms with Crippen LogP contribution in [0.1, 0.15) is 43.6 Å². The molecule has 0 atom stereocenters. The van der Waals surface area contributed by atoms with E-state index < -0.39 is 0 Å². The van der Waals surface area contributed by atoms with Crippen LogP contribution in [0.2, 0.25) is 0 Å². The van der Waals surface area contributed by atoms with Crippen molar-refractivity contribution in [3.63, 3.8) is 0 Å². The van der Waals surface area contributed by atoms with Gasteiger partial charge in [-0.1, -0.05) is 24.3 Å². The molecule has 1 aliphatic heterocycles. The highest BCUT2D eigenvalue weighted by molar-refractivity contribution is 5.80. The minimum Gasteiger partial charge on any atom is -0.468 e. The third kappa shape index (κ3) is 6.61. The molecule has 6 nitrogen and oxygen atoms in total. The van der Waals surface area contributed by atoms with Crippen LogP contribution in [0.25, 0.3) is 0 Å². The SMILES string of the molecule is CN=C(NCc1ccccc1CN(C)Cc1ccco1)NC1CCN(C(C)C)CC1.